The molecule has 0 amide bonds. The van der Waals surface area contributed by atoms with Gasteiger partial charge in [-0.25, -0.2) is 9.50 Å². The average molecular weight is 305 g/mol. The lowest BCUT2D eigenvalue weighted by molar-refractivity contribution is -0.137. The Balaban J connectivity index is 2.08. The fourth-order valence-corrected chi connectivity index (χ4v) is 2.14. The fraction of sp³-hybridized carbons (Fsp3) is 0.308. The molecule has 0 radical (unpaired) electrons. The van der Waals surface area contributed by atoms with E-state index in [9.17, 15) is 4.79 Å². The van der Waals surface area contributed by atoms with E-state index in [-0.39, 0.29) is 0 Å². The van der Waals surface area contributed by atoms with Gasteiger partial charge in [0.1, 0.15) is 6.04 Å². The molecule has 2 heterocycles. The first-order valence-corrected chi connectivity index (χ1v) is 6.53. The number of hydrogen-bond acceptors (Lipinski definition) is 6. The van der Waals surface area contributed by atoms with Crippen molar-refractivity contribution in [1.82, 2.24) is 19.6 Å². The Morgan fingerprint density at radius 2 is 2.00 bits per heavy atom. The number of nitrogens with one attached hydrogen (secondary N) is 2. The van der Waals surface area contributed by atoms with Crippen LogP contribution in [0.5, 0.6) is 11.5 Å². The topological polar surface area (TPSA) is 114 Å². The van der Waals surface area contributed by atoms with Gasteiger partial charge in [-0.1, -0.05) is 0 Å². The third-order valence-corrected chi connectivity index (χ3v) is 3.30. The van der Waals surface area contributed by atoms with E-state index in [1.807, 2.05) is 0 Å². The van der Waals surface area contributed by atoms with E-state index in [4.69, 9.17) is 14.6 Å². The van der Waals surface area contributed by atoms with Crippen molar-refractivity contribution in [2.24, 2.45) is 0 Å². The Labute approximate surface area is 124 Å². The Morgan fingerprint density at radius 3 is 2.64 bits per heavy atom. The Kier molecular flexibility index (Phi) is 3.24. The van der Waals surface area contributed by atoms with E-state index in [0.29, 0.717) is 28.7 Å². The number of carbonyl (C=O) groups is 1. The number of carboxylic acids is 1. The van der Waals surface area contributed by atoms with E-state index < -0.39 is 12.0 Å². The largest absolute Gasteiger partial charge is 0.493 e. The molecule has 0 fully saturated rings. The molecule has 2 aromatic heterocycles. The van der Waals surface area contributed by atoms with Gasteiger partial charge in [0.2, 0.25) is 5.95 Å². The van der Waals surface area contributed by atoms with Gasteiger partial charge >= 0.3 is 5.97 Å². The zero-order valence-corrected chi connectivity index (χ0v) is 12.2. The molecule has 1 unspecified atom stereocenters. The molecule has 9 heteroatoms. The van der Waals surface area contributed by atoms with Gasteiger partial charge in [0.15, 0.2) is 11.5 Å². The number of imidazole rings is 1. The van der Waals surface area contributed by atoms with E-state index >= 15 is 0 Å². The van der Waals surface area contributed by atoms with Crippen LogP contribution < -0.4 is 14.8 Å². The van der Waals surface area contributed by atoms with Gasteiger partial charge in [-0.15, -0.1) is 0 Å². The van der Waals surface area contributed by atoms with Crippen LogP contribution in [0.3, 0.4) is 0 Å². The maximum absolute atomic E-state index is 10.9. The molecule has 0 aliphatic carbocycles. The molecule has 3 N–H and O–H groups in total. The number of ether oxygens (including phenoxy) is 2. The van der Waals surface area contributed by atoms with Gasteiger partial charge in [-0.05, 0) is 6.92 Å². The van der Waals surface area contributed by atoms with Crippen molar-refractivity contribution in [1.29, 1.82) is 0 Å². The molecule has 0 bridgehead atoms. The molecule has 0 aliphatic rings. The number of hydrogen-bond donors (Lipinski definition) is 3. The summed E-state index contributed by atoms with van der Waals surface area (Å²) in [5.74, 6) is 0.929. The molecule has 3 aromatic rings. The standard InChI is InChI=1S/C13H15N5O4/c1-6(11(19)20)14-12-16-13-15-7-4-9(21-2)10(22-3)5-8(7)18(13)17-12/h4-6H,1-3H3,(H,19,20)(H2,14,15,16,17). The Bertz CT molecular complexity index is 853. The lowest BCUT2D eigenvalue weighted by atomic mass is 10.3. The van der Waals surface area contributed by atoms with Crippen LogP contribution in [0.15, 0.2) is 12.1 Å². The van der Waals surface area contributed by atoms with Crippen LogP contribution in [0, 0.1) is 0 Å². The number of benzene rings is 1. The zero-order chi connectivity index (χ0) is 15.9. The number of H-pyrrole nitrogens is 1. The van der Waals surface area contributed by atoms with Crippen molar-refractivity contribution < 1.29 is 19.4 Å². The van der Waals surface area contributed by atoms with Crippen molar-refractivity contribution in [2.75, 3.05) is 19.5 Å². The van der Waals surface area contributed by atoms with Crippen molar-refractivity contribution in [3.63, 3.8) is 0 Å². The smallest absolute Gasteiger partial charge is 0.325 e. The number of aromatic nitrogens is 4. The summed E-state index contributed by atoms with van der Waals surface area (Å²) in [5, 5.41) is 14.6. The molecular formula is C13H15N5O4. The van der Waals surface area contributed by atoms with Crippen molar-refractivity contribution in [3.8, 4) is 11.5 Å². The summed E-state index contributed by atoms with van der Waals surface area (Å²) in [6, 6.07) is 2.76. The van der Waals surface area contributed by atoms with Gasteiger partial charge in [-0.3, -0.25) is 9.89 Å². The van der Waals surface area contributed by atoms with Crippen LogP contribution in [0.2, 0.25) is 0 Å². The fourth-order valence-electron chi connectivity index (χ4n) is 2.14. The molecule has 0 spiro atoms. The van der Waals surface area contributed by atoms with Crippen LogP contribution in [0.25, 0.3) is 16.8 Å². The highest BCUT2D eigenvalue weighted by Gasteiger charge is 2.16. The highest BCUT2D eigenvalue weighted by molar-refractivity contribution is 5.83. The SMILES string of the molecule is COc1cc2nc3nc(NC(C)C(=O)O)[nH]n3c2cc1OC. The van der Waals surface area contributed by atoms with E-state index in [0.717, 1.165) is 5.52 Å². The number of aromatic amines is 1. The summed E-state index contributed by atoms with van der Waals surface area (Å²) in [6.07, 6.45) is 0. The molecule has 1 aromatic carbocycles. The van der Waals surface area contributed by atoms with Gasteiger partial charge in [-0.2, -0.15) is 4.98 Å². The van der Waals surface area contributed by atoms with Gasteiger partial charge in [0.25, 0.3) is 5.78 Å². The van der Waals surface area contributed by atoms with Crippen LogP contribution in [0.4, 0.5) is 5.95 Å². The molecule has 9 nitrogen and oxygen atoms in total. The summed E-state index contributed by atoms with van der Waals surface area (Å²) in [5.41, 5.74) is 1.44. The number of anilines is 1. The highest BCUT2D eigenvalue weighted by atomic mass is 16.5. The first kappa shape index (κ1) is 14.0. The minimum atomic E-state index is -0.967. The van der Waals surface area contributed by atoms with Crippen molar-refractivity contribution in [2.45, 2.75) is 13.0 Å². The van der Waals surface area contributed by atoms with Gasteiger partial charge in [0.05, 0.1) is 25.3 Å². The predicted molar refractivity (Wildman–Crippen MR) is 78.7 cm³/mol. The highest BCUT2D eigenvalue weighted by Crippen LogP contribution is 2.32. The quantitative estimate of drug-likeness (QED) is 0.647. The minimum Gasteiger partial charge on any atom is -0.493 e. The monoisotopic (exact) mass is 305 g/mol. The zero-order valence-electron chi connectivity index (χ0n) is 12.2. The molecule has 22 heavy (non-hydrogen) atoms. The maximum atomic E-state index is 10.9. The summed E-state index contributed by atoms with van der Waals surface area (Å²) in [4.78, 5) is 19.5. The molecule has 0 saturated carbocycles. The van der Waals surface area contributed by atoms with Gasteiger partial charge in [0, 0.05) is 12.1 Å². The van der Waals surface area contributed by atoms with Crippen molar-refractivity contribution in [3.05, 3.63) is 12.1 Å². The number of carboxylic acid groups (broad SMARTS) is 1. The maximum Gasteiger partial charge on any atom is 0.325 e. The second-order valence-electron chi connectivity index (χ2n) is 4.72. The third kappa shape index (κ3) is 2.16. The van der Waals surface area contributed by atoms with Crippen LogP contribution >= 0.6 is 0 Å². The van der Waals surface area contributed by atoms with Crippen molar-refractivity contribution >= 4 is 28.7 Å². The molecule has 0 aliphatic heterocycles. The average Bonchev–Trinajstić information content (AvgIpc) is 3.02. The summed E-state index contributed by atoms with van der Waals surface area (Å²) in [7, 11) is 3.11. The minimum absolute atomic E-state index is 0.328. The first-order valence-electron chi connectivity index (χ1n) is 6.53. The number of rotatable bonds is 5. The molecule has 1 atom stereocenters. The first-order chi connectivity index (χ1) is 10.5. The Morgan fingerprint density at radius 1 is 1.32 bits per heavy atom. The Hall–Kier alpha value is -2.97. The molecular weight excluding hydrogens is 290 g/mol. The normalized spacial score (nSPS) is 12.5. The summed E-state index contributed by atoms with van der Waals surface area (Å²) < 4.78 is 12.2. The molecule has 3 rings (SSSR count). The number of methoxy groups -OCH3 is 2. The second kappa shape index (κ2) is 5.10. The second-order valence-corrected chi connectivity index (χ2v) is 4.72. The third-order valence-electron chi connectivity index (χ3n) is 3.30. The predicted octanol–water partition coefficient (Wildman–Crippen LogP) is 1.11. The lowest BCUT2D eigenvalue weighted by Crippen LogP contribution is -2.26. The number of aliphatic carboxylic acids is 1. The van der Waals surface area contributed by atoms with Gasteiger partial charge < -0.3 is 19.9 Å². The van der Waals surface area contributed by atoms with E-state index in [2.05, 4.69) is 20.4 Å². The van der Waals surface area contributed by atoms with E-state index in [1.54, 1.807) is 30.9 Å². The van der Waals surface area contributed by atoms with Crippen LogP contribution in [-0.4, -0.2) is 50.9 Å². The van der Waals surface area contributed by atoms with Crippen LogP contribution in [0.1, 0.15) is 6.92 Å². The molecule has 0 saturated heterocycles. The molecule has 116 valence electrons. The lowest BCUT2D eigenvalue weighted by Gasteiger charge is -2.07. The number of fused-ring (bicyclic) bond motifs is 3. The van der Waals surface area contributed by atoms with Crippen LogP contribution in [-0.2, 0) is 4.79 Å². The number of nitrogens with zero attached hydrogens (tertiary/aromatic N) is 3. The summed E-state index contributed by atoms with van der Waals surface area (Å²) in [6.45, 7) is 1.53. The van der Waals surface area contributed by atoms with E-state index in [1.165, 1.54) is 6.92 Å². The summed E-state index contributed by atoms with van der Waals surface area (Å²) >= 11 is 0.